The first-order valence-electron chi connectivity index (χ1n) is 10.7. The zero-order chi connectivity index (χ0) is 22.9. The molecule has 0 atom stereocenters. The maximum Gasteiger partial charge on any atom is 0.276 e. The molecule has 1 amide bonds. The number of carbonyl (C=O) groups excluding carboxylic acids is 1. The Morgan fingerprint density at radius 2 is 2.03 bits per heavy atom. The van der Waals surface area contributed by atoms with Crippen LogP contribution < -0.4 is 10.2 Å². The highest BCUT2D eigenvalue weighted by atomic mass is 16.5. The number of amides is 1. The van der Waals surface area contributed by atoms with Crippen molar-refractivity contribution in [2.24, 2.45) is 0 Å². The quantitative estimate of drug-likeness (QED) is 0.445. The predicted octanol–water partition coefficient (Wildman–Crippen LogP) is 3.53. The molecule has 3 aromatic heterocycles. The monoisotopic (exact) mass is 441 g/mol. The summed E-state index contributed by atoms with van der Waals surface area (Å²) in [5.41, 5.74) is 6.76. The summed E-state index contributed by atoms with van der Waals surface area (Å²) in [5.74, 6) is -0.281. The Hall–Kier alpha value is -4.16. The number of nitrogens with one attached hydrogen (secondary N) is 3. The second kappa shape index (κ2) is 8.41. The third-order valence-corrected chi connectivity index (χ3v) is 5.98. The molecule has 1 aliphatic rings. The van der Waals surface area contributed by atoms with Crippen molar-refractivity contribution in [2.75, 3.05) is 36.5 Å². The highest BCUT2D eigenvalue weighted by Crippen LogP contribution is 2.30. The lowest BCUT2D eigenvalue weighted by molar-refractivity contribution is 0.102. The number of pyridine rings is 1. The average molecular weight is 441 g/mol. The van der Waals surface area contributed by atoms with Crippen LogP contribution in [0, 0.1) is 25.2 Å². The summed E-state index contributed by atoms with van der Waals surface area (Å²) in [6.45, 7) is 6.54. The molecule has 0 spiro atoms. The molecular weight excluding hydrogens is 418 g/mol. The number of benzene rings is 1. The van der Waals surface area contributed by atoms with E-state index in [-0.39, 0.29) is 5.91 Å². The van der Waals surface area contributed by atoms with Crippen LogP contribution in [-0.2, 0) is 4.74 Å². The molecule has 0 aliphatic carbocycles. The molecule has 9 nitrogen and oxygen atoms in total. The highest BCUT2D eigenvalue weighted by molar-refractivity contribution is 6.04. The van der Waals surface area contributed by atoms with E-state index < -0.39 is 0 Å². The van der Waals surface area contributed by atoms with Crippen LogP contribution in [0.15, 0.2) is 36.5 Å². The van der Waals surface area contributed by atoms with E-state index in [2.05, 4.69) is 36.5 Å². The van der Waals surface area contributed by atoms with Crippen LogP contribution in [0.25, 0.3) is 22.3 Å². The van der Waals surface area contributed by atoms with Crippen molar-refractivity contribution in [1.29, 1.82) is 5.26 Å². The van der Waals surface area contributed by atoms with Gasteiger partial charge in [0.2, 0.25) is 0 Å². The first-order valence-corrected chi connectivity index (χ1v) is 10.7. The molecule has 1 fully saturated rings. The van der Waals surface area contributed by atoms with Crippen molar-refractivity contribution in [3.8, 4) is 17.3 Å². The third kappa shape index (κ3) is 3.92. The molecule has 4 heterocycles. The van der Waals surface area contributed by atoms with E-state index in [1.807, 2.05) is 44.2 Å². The van der Waals surface area contributed by atoms with Gasteiger partial charge in [0.1, 0.15) is 11.7 Å². The van der Waals surface area contributed by atoms with Gasteiger partial charge in [-0.05, 0) is 38.1 Å². The van der Waals surface area contributed by atoms with E-state index in [0.717, 1.165) is 46.7 Å². The van der Waals surface area contributed by atoms with Gasteiger partial charge >= 0.3 is 0 Å². The Labute approximate surface area is 190 Å². The number of nitriles is 1. The Bertz CT molecular complexity index is 1390. The van der Waals surface area contributed by atoms with Crippen molar-refractivity contribution >= 4 is 28.3 Å². The zero-order valence-electron chi connectivity index (χ0n) is 18.4. The van der Waals surface area contributed by atoms with Crippen molar-refractivity contribution in [2.45, 2.75) is 13.8 Å². The topological polar surface area (TPSA) is 123 Å². The number of hydrogen-bond donors (Lipinski definition) is 3. The molecule has 0 unspecified atom stereocenters. The number of carbonyl (C=O) groups is 1. The maximum atomic E-state index is 12.6. The number of H-pyrrole nitrogens is 2. The summed E-state index contributed by atoms with van der Waals surface area (Å²) in [7, 11) is 0. The van der Waals surface area contributed by atoms with Crippen molar-refractivity contribution in [3.63, 3.8) is 0 Å². The van der Waals surface area contributed by atoms with E-state index >= 15 is 0 Å². The SMILES string of the molecule is Cc1[nH]nc(C(=O)Nc2cnc3[nH]c(-c4ccc(C#N)c(N5CCOCC5)c4)cc3c2)c1C. The van der Waals surface area contributed by atoms with Gasteiger partial charge in [0.05, 0.1) is 36.3 Å². The minimum Gasteiger partial charge on any atom is -0.378 e. The molecule has 1 aliphatic heterocycles. The van der Waals surface area contributed by atoms with Crippen LogP contribution in [0.4, 0.5) is 11.4 Å². The minimum atomic E-state index is -0.281. The van der Waals surface area contributed by atoms with Gasteiger partial charge in [-0.15, -0.1) is 0 Å². The Kier molecular flexibility index (Phi) is 5.28. The van der Waals surface area contributed by atoms with E-state index in [0.29, 0.717) is 35.8 Å². The molecule has 0 saturated carbocycles. The molecule has 0 radical (unpaired) electrons. The summed E-state index contributed by atoms with van der Waals surface area (Å²) < 4.78 is 5.45. The number of anilines is 2. The second-order valence-corrected chi connectivity index (χ2v) is 8.06. The molecule has 5 rings (SSSR count). The van der Waals surface area contributed by atoms with Crippen LogP contribution in [0.1, 0.15) is 27.3 Å². The summed E-state index contributed by atoms with van der Waals surface area (Å²) in [6, 6.07) is 12.0. The molecule has 4 aromatic rings. The maximum absolute atomic E-state index is 12.6. The van der Waals surface area contributed by atoms with Gasteiger partial charge in [0.25, 0.3) is 5.91 Å². The molecule has 166 valence electrons. The van der Waals surface area contributed by atoms with Gasteiger partial charge in [-0.1, -0.05) is 6.07 Å². The van der Waals surface area contributed by atoms with Crippen LogP contribution >= 0.6 is 0 Å². The third-order valence-electron chi connectivity index (χ3n) is 5.98. The summed E-state index contributed by atoms with van der Waals surface area (Å²) in [5, 5.41) is 20.2. The zero-order valence-corrected chi connectivity index (χ0v) is 18.4. The number of aromatic nitrogens is 4. The molecule has 1 aromatic carbocycles. The smallest absolute Gasteiger partial charge is 0.276 e. The molecule has 3 N–H and O–H groups in total. The number of nitrogens with zero attached hydrogens (tertiary/aromatic N) is 4. The molecular formula is C24H23N7O2. The van der Waals surface area contributed by atoms with Gasteiger partial charge < -0.3 is 19.9 Å². The Morgan fingerprint density at radius 1 is 1.21 bits per heavy atom. The van der Waals surface area contributed by atoms with Gasteiger partial charge in [-0.2, -0.15) is 10.4 Å². The Balaban J connectivity index is 1.43. The molecule has 1 saturated heterocycles. The fraction of sp³-hybridized carbons (Fsp3) is 0.250. The number of aryl methyl sites for hydroxylation is 1. The number of fused-ring (bicyclic) bond motifs is 1. The van der Waals surface area contributed by atoms with Crippen molar-refractivity contribution < 1.29 is 9.53 Å². The lowest BCUT2D eigenvalue weighted by atomic mass is 10.1. The van der Waals surface area contributed by atoms with Gasteiger partial charge in [0.15, 0.2) is 5.69 Å². The number of hydrogen-bond acceptors (Lipinski definition) is 6. The summed E-state index contributed by atoms with van der Waals surface area (Å²) >= 11 is 0. The van der Waals surface area contributed by atoms with E-state index in [1.165, 1.54) is 0 Å². The largest absolute Gasteiger partial charge is 0.378 e. The normalized spacial score (nSPS) is 13.8. The van der Waals surface area contributed by atoms with Gasteiger partial charge in [0, 0.05) is 41.0 Å². The van der Waals surface area contributed by atoms with E-state index in [9.17, 15) is 10.1 Å². The summed E-state index contributed by atoms with van der Waals surface area (Å²) in [4.78, 5) is 22.6. The molecule has 9 heteroatoms. The fourth-order valence-corrected chi connectivity index (χ4v) is 4.00. The fourth-order valence-electron chi connectivity index (χ4n) is 4.00. The predicted molar refractivity (Wildman–Crippen MR) is 125 cm³/mol. The second-order valence-electron chi connectivity index (χ2n) is 8.06. The van der Waals surface area contributed by atoms with Gasteiger partial charge in [-0.25, -0.2) is 4.98 Å². The van der Waals surface area contributed by atoms with E-state index in [4.69, 9.17) is 4.74 Å². The van der Waals surface area contributed by atoms with E-state index in [1.54, 1.807) is 6.20 Å². The number of morpholine rings is 1. The number of aromatic amines is 2. The van der Waals surface area contributed by atoms with Crippen LogP contribution in [0.3, 0.4) is 0 Å². The average Bonchev–Trinajstić information content (AvgIpc) is 3.42. The lowest BCUT2D eigenvalue weighted by Gasteiger charge is -2.29. The molecule has 33 heavy (non-hydrogen) atoms. The van der Waals surface area contributed by atoms with Crippen LogP contribution in [-0.4, -0.2) is 52.4 Å². The first-order chi connectivity index (χ1) is 16.0. The summed E-state index contributed by atoms with van der Waals surface area (Å²) in [6.07, 6.45) is 1.62. The van der Waals surface area contributed by atoms with Crippen LogP contribution in [0.5, 0.6) is 0 Å². The van der Waals surface area contributed by atoms with Crippen molar-refractivity contribution in [3.05, 3.63) is 59.0 Å². The first kappa shape index (κ1) is 20.7. The number of ether oxygens (including phenoxy) is 1. The lowest BCUT2D eigenvalue weighted by Crippen LogP contribution is -2.36. The number of rotatable bonds is 4. The standard InChI is InChI=1S/C24H23N7O2/c1-14-15(2)29-30-22(14)24(32)27-19-9-18-10-20(28-23(18)26-13-19)16-3-4-17(12-25)21(11-16)31-5-7-33-8-6-31/h3-4,9-11,13H,5-8H2,1-2H3,(H,26,28)(H,27,32)(H,29,30). The highest BCUT2D eigenvalue weighted by Gasteiger charge is 2.18. The van der Waals surface area contributed by atoms with Crippen molar-refractivity contribution in [1.82, 2.24) is 20.2 Å². The molecule has 0 bridgehead atoms. The van der Waals surface area contributed by atoms with Gasteiger partial charge in [-0.3, -0.25) is 9.89 Å². The van der Waals surface area contributed by atoms with Crippen LogP contribution in [0.2, 0.25) is 0 Å². The Morgan fingerprint density at radius 3 is 2.76 bits per heavy atom. The minimum absolute atomic E-state index is 0.281.